The molecular weight excluding hydrogens is 326 g/mol. The smallest absolute Gasteiger partial charge is 0.410 e. The first-order chi connectivity index (χ1) is 12.3. The van der Waals surface area contributed by atoms with Crippen LogP contribution in [-0.4, -0.2) is 36.0 Å². The SMILES string of the molecule is CN1C[C@@]2(CCC3C4CCC5=CC(=O)CCC5(C)C4=CCC32C)OC1=O. The number of allylic oxidation sites excluding steroid dienone is 4. The highest BCUT2D eigenvalue weighted by Gasteiger charge is 2.66. The Bertz CT molecular complexity index is 767. The maximum Gasteiger partial charge on any atom is 0.410 e. The summed E-state index contributed by atoms with van der Waals surface area (Å²) in [6.45, 7) is 5.45. The predicted molar refractivity (Wildman–Crippen MR) is 98.5 cm³/mol. The fourth-order valence-electron chi connectivity index (χ4n) is 7.10. The van der Waals surface area contributed by atoms with Crippen LogP contribution in [0.3, 0.4) is 0 Å². The molecule has 0 aromatic heterocycles. The highest BCUT2D eigenvalue weighted by Crippen LogP contribution is 2.67. The Hall–Kier alpha value is -1.58. The van der Waals surface area contributed by atoms with E-state index in [0.717, 1.165) is 45.1 Å². The van der Waals surface area contributed by atoms with Gasteiger partial charge in [0.25, 0.3) is 0 Å². The Balaban J connectivity index is 1.55. The summed E-state index contributed by atoms with van der Waals surface area (Å²) in [5.41, 5.74) is 2.74. The number of nitrogens with zero attached hydrogens (tertiary/aromatic N) is 1. The van der Waals surface area contributed by atoms with Crippen molar-refractivity contribution < 1.29 is 14.3 Å². The first-order valence-electron chi connectivity index (χ1n) is 10.2. The zero-order valence-corrected chi connectivity index (χ0v) is 16.1. The lowest BCUT2D eigenvalue weighted by atomic mass is 9.50. The van der Waals surface area contributed by atoms with E-state index in [1.807, 2.05) is 13.1 Å². The third-order valence-corrected chi connectivity index (χ3v) is 8.71. The van der Waals surface area contributed by atoms with Crippen molar-refractivity contribution in [3.63, 3.8) is 0 Å². The minimum atomic E-state index is -0.314. The van der Waals surface area contributed by atoms with Gasteiger partial charge in [0.1, 0.15) is 5.60 Å². The van der Waals surface area contributed by atoms with Gasteiger partial charge in [-0.05, 0) is 56.4 Å². The van der Waals surface area contributed by atoms with Crippen LogP contribution in [0.5, 0.6) is 0 Å². The number of carbonyl (C=O) groups is 2. The number of ether oxygens (including phenoxy) is 1. The van der Waals surface area contributed by atoms with Gasteiger partial charge >= 0.3 is 6.09 Å². The number of rotatable bonds is 0. The lowest BCUT2D eigenvalue weighted by Gasteiger charge is -2.54. The summed E-state index contributed by atoms with van der Waals surface area (Å²) in [5.74, 6) is 1.46. The van der Waals surface area contributed by atoms with E-state index in [1.165, 1.54) is 5.57 Å². The maximum atomic E-state index is 12.2. The average Bonchev–Trinajstić information content (AvgIpc) is 3.05. The highest BCUT2D eigenvalue weighted by molar-refractivity contribution is 5.92. The number of hydrogen-bond donors (Lipinski definition) is 0. The molecule has 5 aliphatic rings. The standard InChI is InChI=1S/C22H29NO3/c1-20-9-6-15(24)12-14(20)4-5-16-17(20)7-10-21(2)18(16)8-11-22(21)13-23(3)19(25)26-22/h7,12,16,18H,4-6,8-11,13H2,1-3H3/t16?,18?,20?,21?,22-/m1/s1. The van der Waals surface area contributed by atoms with E-state index in [-0.39, 0.29) is 22.5 Å². The summed E-state index contributed by atoms with van der Waals surface area (Å²) in [6, 6.07) is 0. The Morgan fingerprint density at radius 1 is 1.15 bits per heavy atom. The van der Waals surface area contributed by atoms with Crippen molar-refractivity contribution in [2.45, 2.75) is 64.4 Å². The van der Waals surface area contributed by atoms with E-state index < -0.39 is 0 Å². The van der Waals surface area contributed by atoms with Crippen molar-refractivity contribution in [1.82, 2.24) is 4.90 Å². The molecule has 0 aromatic rings. The van der Waals surface area contributed by atoms with Crippen molar-refractivity contribution in [3.05, 3.63) is 23.3 Å². The predicted octanol–water partition coefficient (Wildman–Crippen LogP) is 4.26. The third kappa shape index (κ3) is 1.86. The Morgan fingerprint density at radius 2 is 1.96 bits per heavy atom. The molecule has 1 spiro atoms. The van der Waals surface area contributed by atoms with Gasteiger partial charge in [0.05, 0.1) is 6.54 Å². The molecule has 26 heavy (non-hydrogen) atoms. The van der Waals surface area contributed by atoms with Crippen LogP contribution < -0.4 is 0 Å². The second-order valence-electron chi connectivity index (χ2n) is 9.76. The van der Waals surface area contributed by atoms with Crippen molar-refractivity contribution in [1.29, 1.82) is 0 Å². The van der Waals surface area contributed by atoms with Crippen molar-refractivity contribution in [2.75, 3.05) is 13.6 Å². The molecule has 2 saturated carbocycles. The molecule has 1 amide bonds. The van der Waals surface area contributed by atoms with Gasteiger partial charge in [-0.25, -0.2) is 4.79 Å². The van der Waals surface area contributed by atoms with E-state index in [9.17, 15) is 9.59 Å². The van der Waals surface area contributed by atoms with Gasteiger partial charge in [-0.15, -0.1) is 0 Å². The lowest BCUT2D eigenvalue weighted by Crippen LogP contribution is -2.52. The van der Waals surface area contributed by atoms with E-state index >= 15 is 0 Å². The molecule has 140 valence electrons. The molecule has 4 nitrogen and oxygen atoms in total. The van der Waals surface area contributed by atoms with Gasteiger partial charge < -0.3 is 9.64 Å². The molecule has 5 rings (SSSR count). The molecule has 5 atom stereocenters. The van der Waals surface area contributed by atoms with Gasteiger partial charge in [0, 0.05) is 24.3 Å². The lowest BCUT2D eigenvalue weighted by molar-refractivity contribution is -0.115. The monoisotopic (exact) mass is 355 g/mol. The Morgan fingerprint density at radius 3 is 2.69 bits per heavy atom. The fourth-order valence-corrected chi connectivity index (χ4v) is 7.10. The van der Waals surface area contributed by atoms with Gasteiger partial charge in [0.15, 0.2) is 5.78 Å². The van der Waals surface area contributed by atoms with Crippen LogP contribution in [0.1, 0.15) is 58.8 Å². The van der Waals surface area contributed by atoms with Crippen molar-refractivity contribution >= 4 is 11.9 Å². The molecule has 0 radical (unpaired) electrons. The molecule has 0 bridgehead atoms. The van der Waals surface area contributed by atoms with E-state index in [4.69, 9.17) is 4.74 Å². The summed E-state index contributed by atoms with van der Waals surface area (Å²) in [7, 11) is 1.86. The second-order valence-corrected chi connectivity index (χ2v) is 9.76. The number of hydrogen-bond acceptors (Lipinski definition) is 3. The number of carbonyl (C=O) groups excluding carboxylic acids is 2. The van der Waals surface area contributed by atoms with E-state index in [2.05, 4.69) is 19.9 Å². The van der Waals surface area contributed by atoms with E-state index in [0.29, 0.717) is 24.0 Å². The van der Waals surface area contributed by atoms with Crippen LogP contribution in [0.25, 0.3) is 0 Å². The molecule has 1 saturated heterocycles. The van der Waals surface area contributed by atoms with Gasteiger partial charge in [-0.2, -0.15) is 0 Å². The van der Waals surface area contributed by atoms with Gasteiger partial charge in [-0.3, -0.25) is 4.79 Å². The zero-order chi connectivity index (χ0) is 18.3. The minimum absolute atomic E-state index is 0.0314. The van der Waals surface area contributed by atoms with Gasteiger partial charge in [0.2, 0.25) is 0 Å². The van der Waals surface area contributed by atoms with Crippen LogP contribution in [0.2, 0.25) is 0 Å². The summed E-state index contributed by atoms with van der Waals surface area (Å²) < 4.78 is 6.02. The number of likely N-dealkylation sites (N-methyl/N-ethyl adjacent to an activating group) is 1. The van der Waals surface area contributed by atoms with E-state index in [1.54, 1.807) is 10.5 Å². The molecule has 1 aliphatic heterocycles. The molecule has 0 aromatic carbocycles. The topological polar surface area (TPSA) is 46.6 Å². The van der Waals surface area contributed by atoms with Crippen LogP contribution in [-0.2, 0) is 9.53 Å². The summed E-state index contributed by atoms with van der Waals surface area (Å²) in [4.78, 5) is 25.8. The molecule has 4 unspecified atom stereocenters. The van der Waals surface area contributed by atoms with Crippen LogP contribution in [0.15, 0.2) is 23.3 Å². The first-order valence-corrected chi connectivity index (χ1v) is 10.2. The largest absolute Gasteiger partial charge is 0.440 e. The molecular formula is C22H29NO3. The van der Waals surface area contributed by atoms with Gasteiger partial charge in [-0.1, -0.05) is 31.1 Å². The molecule has 0 N–H and O–H groups in total. The zero-order valence-electron chi connectivity index (χ0n) is 16.1. The summed E-state index contributed by atoms with van der Waals surface area (Å²) in [6.07, 6.45) is 11.2. The number of fused-ring (bicyclic) bond motifs is 6. The molecule has 4 aliphatic carbocycles. The summed E-state index contributed by atoms with van der Waals surface area (Å²) >= 11 is 0. The maximum absolute atomic E-state index is 12.2. The number of ketones is 1. The van der Waals surface area contributed by atoms with Crippen molar-refractivity contribution in [2.24, 2.45) is 22.7 Å². The van der Waals surface area contributed by atoms with Crippen LogP contribution in [0, 0.1) is 22.7 Å². The molecule has 1 heterocycles. The quantitative estimate of drug-likeness (QED) is 0.610. The first kappa shape index (κ1) is 16.6. The fraction of sp³-hybridized carbons (Fsp3) is 0.727. The second kappa shape index (κ2) is 5.02. The molecule has 4 heteroatoms. The summed E-state index contributed by atoms with van der Waals surface area (Å²) in [5, 5.41) is 0. The number of amides is 1. The Labute approximate surface area is 155 Å². The van der Waals surface area contributed by atoms with Crippen LogP contribution >= 0.6 is 0 Å². The molecule has 3 fully saturated rings. The Kier molecular flexibility index (Phi) is 3.20. The average molecular weight is 355 g/mol. The normalized spacial score (nSPS) is 47.1. The van der Waals surface area contributed by atoms with Crippen molar-refractivity contribution in [3.8, 4) is 0 Å². The third-order valence-electron chi connectivity index (χ3n) is 8.71. The minimum Gasteiger partial charge on any atom is -0.440 e. The highest BCUT2D eigenvalue weighted by atomic mass is 16.6. The van der Waals surface area contributed by atoms with Crippen LogP contribution in [0.4, 0.5) is 4.79 Å².